The number of methoxy groups -OCH3 is 1. The zero-order valence-electron chi connectivity index (χ0n) is 9.99. The van der Waals surface area contributed by atoms with Crippen molar-refractivity contribution in [2.75, 3.05) is 12.4 Å². The van der Waals surface area contributed by atoms with E-state index in [4.69, 9.17) is 20.8 Å². The first-order valence-corrected chi connectivity index (χ1v) is 5.74. The molecule has 1 aromatic heterocycles. The van der Waals surface area contributed by atoms with Gasteiger partial charge in [0.2, 0.25) is 11.1 Å². The van der Waals surface area contributed by atoms with Crippen molar-refractivity contribution < 1.29 is 13.9 Å². The van der Waals surface area contributed by atoms with E-state index in [9.17, 15) is 4.79 Å². The lowest BCUT2D eigenvalue weighted by Gasteiger charge is -2.01. The Labute approximate surface area is 109 Å². The second kappa shape index (κ2) is 5.14. The van der Waals surface area contributed by atoms with Gasteiger partial charge in [0, 0.05) is 5.39 Å². The summed E-state index contributed by atoms with van der Waals surface area (Å²) in [7, 11) is 1.54. The molecular formula is C13H12ClNO3. The van der Waals surface area contributed by atoms with Gasteiger partial charge in [-0.3, -0.25) is 4.79 Å². The van der Waals surface area contributed by atoms with E-state index in [1.54, 1.807) is 38.3 Å². The first-order valence-electron chi connectivity index (χ1n) is 5.36. The lowest BCUT2D eigenvalue weighted by atomic mass is 10.2. The Bertz CT molecular complexity index is 616. The standard InChI is InChI=1S/C13H12ClNO3/c1-3-5-10(16)15-11-8-6-4-7-9(17-2)12(8)18-13(11)14/h3-7H,1-2H3,(H,15,16). The van der Waals surface area contributed by atoms with Crippen LogP contribution in [0.2, 0.25) is 5.22 Å². The van der Waals surface area contributed by atoms with E-state index in [-0.39, 0.29) is 11.1 Å². The Morgan fingerprint density at radius 1 is 1.50 bits per heavy atom. The predicted molar refractivity (Wildman–Crippen MR) is 71.2 cm³/mol. The number of halogens is 1. The molecule has 0 fully saturated rings. The number of carbonyl (C=O) groups is 1. The quantitative estimate of drug-likeness (QED) is 0.863. The molecule has 0 bridgehead atoms. The van der Waals surface area contributed by atoms with Crippen molar-refractivity contribution in [2.24, 2.45) is 0 Å². The molecule has 0 aliphatic heterocycles. The summed E-state index contributed by atoms with van der Waals surface area (Å²) < 4.78 is 10.6. The van der Waals surface area contributed by atoms with E-state index in [2.05, 4.69) is 5.32 Å². The third-order valence-corrected chi connectivity index (χ3v) is 2.69. The largest absolute Gasteiger partial charge is 0.493 e. The molecule has 18 heavy (non-hydrogen) atoms. The zero-order chi connectivity index (χ0) is 13.1. The number of carbonyl (C=O) groups excluding carboxylic acids is 1. The van der Waals surface area contributed by atoms with E-state index in [1.807, 2.05) is 0 Å². The topological polar surface area (TPSA) is 51.5 Å². The van der Waals surface area contributed by atoms with E-state index in [0.717, 1.165) is 0 Å². The summed E-state index contributed by atoms with van der Waals surface area (Å²) in [6, 6.07) is 5.37. The van der Waals surface area contributed by atoms with Gasteiger partial charge in [0.15, 0.2) is 11.3 Å². The van der Waals surface area contributed by atoms with Crippen LogP contribution in [0.3, 0.4) is 0 Å². The minimum atomic E-state index is -0.259. The first-order chi connectivity index (χ1) is 8.67. The molecule has 2 aromatic rings. The van der Waals surface area contributed by atoms with Crippen LogP contribution in [0, 0.1) is 0 Å². The molecule has 5 heteroatoms. The van der Waals surface area contributed by atoms with Gasteiger partial charge in [-0.05, 0) is 36.7 Å². The highest BCUT2D eigenvalue weighted by Gasteiger charge is 2.16. The number of rotatable bonds is 3. The Hall–Kier alpha value is -1.94. The number of allylic oxidation sites excluding steroid dienone is 1. The van der Waals surface area contributed by atoms with Crippen LogP contribution in [0.15, 0.2) is 34.8 Å². The molecule has 4 nitrogen and oxygen atoms in total. The summed E-state index contributed by atoms with van der Waals surface area (Å²) in [5.41, 5.74) is 0.967. The summed E-state index contributed by atoms with van der Waals surface area (Å²) in [5.74, 6) is 0.311. The number of hydrogen-bond acceptors (Lipinski definition) is 3. The van der Waals surface area contributed by atoms with Crippen molar-refractivity contribution in [3.63, 3.8) is 0 Å². The van der Waals surface area contributed by atoms with Crippen LogP contribution in [0.4, 0.5) is 5.69 Å². The maximum absolute atomic E-state index is 11.5. The van der Waals surface area contributed by atoms with E-state index in [1.165, 1.54) is 6.08 Å². The number of nitrogens with one attached hydrogen (secondary N) is 1. The molecule has 1 amide bonds. The number of fused-ring (bicyclic) bond motifs is 1. The zero-order valence-corrected chi connectivity index (χ0v) is 10.7. The molecule has 1 aromatic carbocycles. The van der Waals surface area contributed by atoms with E-state index in [0.29, 0.717) is 22.4 Å². The molecule has 0 radical (unpaired) electrons. The lowest BCUT2D eigenvalue weighted by Crippen LogP contribution is -2.07. The van der Waals surface area contributed by atoms with Gasteiger partial charge in [0.1, 0.15) is 5.69 Å². The number of benzene rings is 1. The Morgan fingerprint density at radius 3 is 2.94 bits per heavy atom. The fraction of sp³-hybridized carbons (Fsp3) is 0.154. The smallest absolute Gasteiger partial charge is 0.248 e. The average molecular weight is 266 g/mol. The maximum Gasteiger partial charge on any atom is 0.248 e. The molecular weight excluding hydrogens is 254 g/mol. The second-order valence-electron chi connectivity index (χ2n) is 3.58. The van der Waals surface area contributed by atoms with Crippen LogP contribution in [-0.2, 0) is 4.79 Å². The molecule has 94 valence electrons. The fourth-order valence-corrected chi connectivity index (χ4v) is 1.88. The molecule has 2 rings (SSSR count). The number of hydrogen-bond donors (Lipinski definition) is 1. The highest BCUT2D eigenvalue weighted by molar-refractivity contribution is 6.34. The maximum atomic E-state index is 11.5. The SMILES string of the molecule is CC=CC(=O)Nc1c(Cl)oc2c(OC)cccc12. The monoisotopic (exact) mass is 265 g/mol. The highest BCUT2D eigenvalue weighted by atomic mass is 35.5. The van der Waals surface area contributed by atoms with Gasteiger partial charge in [-0.15, -0.1) is 0 Å². The van der Waals surface area contributed by atoms with Crippen LogP contribution in [0.1, 0.15) is 6.92 Å². The minimum Gasteiger partial charge on any atom is -0.493 e. The average Bonchev–Trinajstić information content (AvgIpc) is 2.66. The Morgan fingerprint density at radius 2 is 2.28 bits per heavy atom. The normalized spacial score (nSPS) is 11.1. The van der Waals surface area contributed by atoms with Gasteiger partial charge >= 0.3 is 0 Å². The highest BCUT2D eigenvalue weighted by Crippen LogP contribution is 2.38. The molecule has 1 heterocycles. The van der Waals surface area contributed by atoms with Crippen molar-refractivity contribution >= 4 is 34.2 Å². The summed E-state index contributed by atoms with van der Waals surface area (Å²) in [4.78, 5) is 11.5. The van der Waals surface area contributed by atoms with Crippen molar-refractivity contribution in [3.05, 3.63) is 35.6 Å². The third kappa shape index (κ3) is 2.19. The van der Waals surface area contributed by atoms with Crippen molar-refractivity contribution in [1.29, 1.82) is 0 Å². The molecule has 0 atom stereocenters. The Balaban J connectivity index is 2.51. The van der Waals surface area contributed by atoms with Crippen molar-refractivity contribution in [2.45, 2.75) is 6.92 Å². The second-order valence-corrected chi connectivity index (χ2v) is 3.92. The third-order valence-electron chi connectivity index (χ3n) is 2.42. The molecule has 0 saturated carbocycles. The van der Waals surface area contributed by atoms with Crippen LogP contribution >= 0.6 is 11.6 Å². The molecule has 0 aliphatic rings. The number of para-hydroxylation sites is 1. The molecule has 0 spiro atoms. The minimum absolute atomic E-state index is 0.132. The molecule has 0 aliphatic carbocycles. The molecule has 0 unspecified atom stereocenters. The van der Waals surface area contributed by atoms with Crippen LogP contribution in [-0.4, -0.2) is 13.0 Å². The number of ether oxygens (including phenoxy) is 1. The summed E-state index contributed by atoms with van der Waals surface area (Å²) >= 11 is 5.98. The van der Waals surface area contributed by atoms with Gasteiger partial charge in [0.05, 0.1) is 7.11 Å². The number of anilines is 1. The van der Waals surface area contributed by atoms with Gasteiger partial charge in [-0.2, -0.15) is 0 Å². The van der Waals surface area contributed by atoms with Gasteiger partial charge in [-0.1, -0.05) is 12.1 Å². The lowest BCUT2D eigenvalue weighted by molar-refractivity contribution is -0.111. The number of amides is 1. The molecule has 0 saturated heterocycles. The van der Waals surface area contributed by atoms with Crippen LogP contribution in [0.25, 0.3) is 11.0 Å². The van der Waals surface area contributed by atoms with Gasteiger partial charge in [0.25, 0.3) is 0 Å². The predicted octanol–water partition coefficient (Wildman–Crippen LogP) is 3.61. The Kier molecular flexibility index (Phi) is 3.58. The first kappa shape index (κ1) is 12.5. The van der Waals surface area contributed by atoms with E-state index >= 15 is 0 Å². The number of furan rings is 1. The van der Waals surface area contributed by atoms with Crippen LogP contribution < -0.4 is 10.1 Å². The summed E-state index contributed by atoms with van der Waals surface area (Å²) in [5, 5.41) is 3.52. The summed E-state index contributed by atoms with van der Waals surface area (Å²) in [6.07, 6.45) is 3.06. The molecule has 1 N–H and O–H groups in total. The summed E-state index contributed by atoms with van der Waals surface area (Å²) in [6.45, 7) is 1.76. The van der Waals surface area contributed by atoms with Crippen molar-refractivity contribution in [3.8, 4) is 5.75 Å². The fourth-order valence-electron chi connectivity index (χ4n) is 1.66. The van der Waals surface area contributed by atoms with E-state index < -0.39 is 0 Å². The van der Waals surface area contributed by atoms with Gasteiger partial charge in [-0.25, -0.2) is 0 Å². The van der Waals surface area contributed by atoms with Gasteiger partial charge < -0.3 is 14.5 Å². The van der Waals surface area contributed by atoms with Crippen LogP contribution in [0.5, 0.6) is 5.75 Å². The van der Waals surface area contributed by atoms with Crippen molar-refractivity contribution in [1.82, 2.24) is 0 Å².